The average Bonchev–Trinajstić information content (AvgIpc) is 3.43. The number of ether oxygens (including phenoxy) is 1. The summed E-state index contributed by atoms with van der Waals surface area (Å²) in [5.41, 5.74) is -0.00210. The van der Waals surface area contributed by atoms with Crippen LogP contribution >= 0.6 is 11.8 Å². The maximum absolute atomic E-state index is 12.8. The molecule has 0 aromatic carbocycles. The number of aromatic nitrogens is 2. The summed E-state index contributed by atoms with van der Waals surface area (Å²) in [6.07, 6.45) is 4.95. The number of fused-ring (bicyclic) bond motifs is 1. The van der Waals surface area contributed by atoms with Crippen LogP contribution in [0.4, 0.5) is 4.79 Å². The molecular formula is C23H30N4O6S. The van der Waals surface area contributed by atoms with Gasteiger partial charge in [-0.15, -0.1) is 11.8 Å². The number of aliphatic hydroxyl groups is 1. The van der Waals surface area contributed by atoms with E-state index in [9.17, 15) is 24.6 Å². The van der Waals surface area contributed by atoms with E-state index in [1.54, 1.807) is 18.0 Å². The van der Waals surface area contributed by atoms with Crippen LogP contribution in [0.2, 0.25) is 0 Å². The van der Waals surface area contributed by atoms with Crippen LogP contribution in [0.1, 0.15) is 26.1 Å². The highest BCUT2D eigenvalue weighted by atomic mass is 32.2. The zero-order valence-corrected chi connectivity index (χ0v) is 20.3. The van der Waals surface area contributed by atoms with Crippen molar-refractivity contribution in [1.29, 1.82) is 0 Å². The number of carbonyl (C=O) groups excluding carboxylic acids is 2. The molecule has 2 amide bonds. The van der Waals surface area contributed by atoms with E-state index in [0.29, 0.717) is 24.3 Å². The molecule has 0 aliphatic carbocycles. The van der Waals surface area contributed by atoms with Crippen LogP contribution in [0.3, 0.4) is 0 Å². The summed E-state index contributed by atoms with van der Waals surface area (Å²) < 4.78 is 7.21. The Bertz CT molecular complexity index is 1040. The van der Waals surface area contributed by atoms with Crippen LogP contribution in [0.5, 0.6) is 0 Å². The topological polar surface area (TPSA) is 125 Å². The Balaban J connectivity index is 1.56. The second-order valence-electron chi connectivity index (χ2n) is 9.08. The van der Waals surface area contributed by atoms with Crippen LogP contribution in [0, 0.1) is 11.8 Å². The molecule has 4 rings (SSSR count). The van der Waals surface area contributed by atoms with E-state index < -0.39 is 24.1 Å². The molecular weight excluding hydrogens is 460 g/mol. The Kier molecular flexibility index (Phi) is 6.77. The minimum Gasteiger partial charge on any atom is -0.477 e. The van der Waals surface area contributed by atoms with Crippen molar-refractivity contribution in [2.24, 2.45) is 18.9 Å². The van der Waals surface area contributed by atoms with Crippen molar-refractivity contribution in [3.8, 4) is 0 Å². The Hall–Kier alpha value is -2.79. The summed E-state index contributed by atoms with van der Waals surface area (Å²) in [5, 5.41) is 19.9. The van der Waals surface area contributed by atoms with Gasteiger partial charge in [0.25, 0.3) is 0 Å². The van der Waals surface area contributed by atoms with Gasteiger partial charge >= 0.3 is 12.1 Å². The van der Waals surface area contributed by atoms with Gasteiger partial charge in [0.05, 0.1) is 18.1 Å². The van der Waals surface area contributed by atoms with Crippen molar-refractivity contribution in [3.63, 3.8) is 0 Å². The molecule has 1 aromatic rings. The number of carboxylic acid groups (broad SMARTS) is 1. The predicted molar refractivity (Wildman–Crippen MR) is 125 cm³/mol. The highest BCUT2D eigenvalue weighted by Gasteiger charge is 2.60. The number of imidazole rings is 1. The van der Waals surface area contributed by atoms with Gasteiger partial charge in [-0.05, 0) is 13.3 Å². The second-order valence-corrected chi connectivity index (χ2v) is 10.4. The number of aryl methyl sites for hydroxylation is 1. The van der Waals surface area contributed by atoms with Crippen molar-refractivity contribution < 1.29 is 29.3 Å². The summed E-state index contributed by atoms with van der Waals surface area (Å²) in [6.45, 7) is 7.53. The number of likely N-dealkylation sites (tertiary alicyclic amines) is 1. The molecule has 3 aliphatic heterocycles. The van der Waals surface area contributed by atoms with Gasteiger partial charge in [-0.3, -0.25) is 4.79 Å². The number of hydrogen-bond donors (Lipinski definition) is 2. The van der Waals surface area contributed by atoms with E-state index in [1.807, 2.05) is 24.7 Å². The molecule has 34 heavy (non-hydrogen) atoms. The number of nitrogens with zero attached hydrogens (tertiary/aromatic N) is 4. The Morgan fingerprint density at radius 2 is 2.18 bits per heavy atom. The van der Waals surface area contributed by atoms with Gasteiger partial charge in [0.2, 0.25) is 5.91 Å². The molecule has 0 bridgehead atoms. The third-order valence-corrected chi connectivity index (χ3v) is 8.37. The maximum Gasteiger partial charge on any atom is 0.410 e. The molecule has 0 saturated carbocycles. The zero-order chi connectivity index (χ0) is 24.7. The smallest absolute Gasteiger partial charge is 0.410 e. The molecule has 6 atom stereocenters. The standard InChI is InChI=1S/C23H30N4O6S/c1-5-8-33-23(32)26-11-15(9-14(26)10-16-24-6-7-25(16)4)34-20-12(2)18-17(13(3)28)21(29)27(18)19(20)22(30)31/h5-7,12-15,17-18,28H,1,8-11H2,2-4H3,(H,30,31)/t12-,13-,14+,15+,17-,18-/m1/s1. The van der Waals surface area contributed by atoms with Crippen molar-refractivity contribution in [1.82, 2.24) is 19.4 Å². The van der Waals surface area contributed by atoms with Crippen LogP contribution in [-0.4, -0.2) is 84.1 Å². The van der Waals surface area contributed by atoms with E-state index in [-0.39, 0.29) is 41.5 Å². The number of hydrogen-bond acceptors (Lipinski definition) is 7. The Morgan fingerprint density at radius 3 is 2.76 bits per heavy atom. The number of carboxylic acids is 1. The van der Waals surface area contributed by atoms with Crippen LogP contribution in [0.15, 0.2) is 35.7 Å². The first-order valence-corrected chi connectivity index (χ1v) is 12.2. The van der Waals surface area contributed by atoms with Crippen molar-refractivity contribution in [3.05, 3.63) is 41.5 Å². The molecule has 2 N–H and O–H groups in total. The van der Waals surface area contributed by atoms with E-state index in [0.717, 1.165) is 5.82 Å². The lowest BCUT2D eigenvalue weighted by atomic mass is 9.79. The fraction of sp³-hybridized carbons (Fsp3) is 0.565. The zero-order valence-electron chi connectivity index (χ0n) is 19.5. The quantitative estimate of drug-likeness (QED) is 0.416. The lowest BCUT2D eigenvalue weighted by Gasteiger charge is -2.46. The third kappa shape index (κ3) is 4.11. The van der Waals surface area contributed by atoms with Gasteiger partial charge in [0.1, 0.15) is 18.1 Å². The van der Waals surface area contributed by atoms with Gasteiger partial charge < -0.3 is 29.3 Å². The first-order chi connectivity index (χ1) is 16.1. The summed E-state index contributed by atoms with van der Waals surface area (Å²) in [5.74, 6) is -1.49. The molecule has 2 fully saturated rings. The molecule has 0 radical (unpaired) electrons. The highest BCUT2D eigenvalue weighted by molar-refractivity contribution is 8.03. The van der Waals surface area contributed by atoms with E-state index in [4.69, 9.17) is 4.74 Å². The number of carbonyl (C=O) groups is 3. The predicted octanol–water partition coefficient (Wildman–Crippen LogP) is 1.61. The third-order valence-electron chi connectivity index (χ3n) is 6.88. The normalized spacial score (nSPS) is 29.2. The SMILES string of the molecule is C=CCOC(=O)N1C[C@@H](SC2=C(C(=O)O)N3C(=O)[C@H]([C@@H](C)O)[C@H]3[C@H]2C)C[C@H]1Cc1nccn1C. The molecule has 184 valence electrons. The number of β-lactam (4-membered cyclic amide) rings is 1. The van der Waals surface area contributed by atoms with Crippen molar-refractivity contribution in [2.75, 3.05) is 13.2 Å². The van der Waals surface area contributed by atoms with E-state index in [1.165, 1.54) is 22.7 Å². The van der Waals surface area contributed by atoms with Crippen molar-refractivity contribution in [2.45, 2.75) is 50.1 Å². The number of rotatable bonds is 8. The van der Waals surface area contributed by atoms with Gasteiger partial charge in [-0.25, -0.2) is 14.6 Å². The van der Waals surface area contributed by atoms with Crippen LogP contribution in [-0.2, 0) is 27.8 Å². The molecule has 2 saturated heterocycles. The number of thioether (sulfide) groups is 1. The lowest BCUT2D eigenvalue weighted by Crippen LogP contribution is -2.63. The van der Waals surface area contributed by atoms with E-state index in [2.05, 4.69) is 11.6 Å². The van der Waals surface area contributed by atoms with Crippen LogP contribution in [0.25, 0.3) is 0 Å². The maximum atomic E-state index is 12.8. The number of aliphatic carboxylic acids is 1. The van der Waals surface area contributed by atoms with Gasteiger partial charge in [-0.2, -0.15) is 0 Å². The average molecular weight is 491 g/mol. The van der Waals surface area contributed by atoms with Gasteiger partial charge in [0, 0.05) is 54.5 Å². The number of amides is 2. The Labute approximate surface area is 202 Å². The molecule has 0 spiro atoms. The lowest BCUT2D eigenvalue weighted by molar-refractivity contribution is -0.163. The molecule has 10 nitrogen and oxygen atoms in total. The molecule has 1 aromatic heterocycles. The molecule has 3 aliphatic rings. The summed E-state index contributed by atoms with van der Waals surface area (Å²) in [6, 6.07) is -0.523. The van der Waals surface area contributed by atoms with E-state index >= 15 is 0 Å². The van der Waals surface area contributed by atoms with Gasteiger partial charge in [-0.1, -0.05) is 19.6 Å². The summed E-state index contributed by atoms with van der Waals surface area (Å²) >= 11 is 1.41. The largest absolute Gasteiger partial charge is 0.477 e. The fourth-order valence-corrected chi connectivity index (χ4v) is 6.82. The number of aliphatic hydroxyl groups excluding tert-OH is 1. The molecule has 0 unspecified atom stereocenters. The minimum atomic E-state index is -1.15. The monoisotopic (exact) mass is 490 g/mol. The summed E-state index contributed by atoms with van der Waals surface area (Å²) in [7, 11) is 1.90. The Morgan fingerprint density at radius 1 is 1.44 bits per heavy atom. The summed E-state index contributed by atoms with van der Waals surface area (Å²) in [4.78, 5) is 45.5. The van der Waals surface area contributed by atoms with Gasteiger partial charge in [0.15, 0.2) is 0 Å². The first kappa shape index (κ1) is 24.3. The fourth-order valence-electron chi connectivity index (χ4n) is 5.25. The second kappa shape index (κ2) is 9.46. The highest BCUT2D eigenvalue weighted by Crippen LogP contribution is 2.52. The first-order valence-electron chi connectivity index (χ1n) is 11.3. The van der Waals surface area contributed by atoms with Crippen LogP contribution < -0.4 is 0 Å². The molecule has 4 heterocycles. The minimum absolute atomic E-state index is 0.00210. The molecule has 11 heteroatoms. The van der Waals surface area contributed by atoms with Crippen molar-refractivity contribution >= 4 is 29.7 Å².